The van der Waals surface area contributed by atoms with Crippen LogP contribution < -0.4 is 5.32 Å². The molecule has 2 aliphatic rings. The number of halogens is 1. The molecule has 1 N–H and O–H groups in total. The van der Waals surface area contributed by atoms with Crippen molar-refractivity contribution < 1.29 is 14.0 Å². The zero-order valence-corrected chi connectivity index (χ0v) is 14.5. The van der Waals surface area contributed by atoms with Gasteiger partial charge in [-0.15, -0.1) is 0 Å². The molecular formula is C18H20FN5O2. The van der Waals surface area contributed by atoms with E-state index in [1.54, 1.807) is 15.8 Å². The summed E-state index contributed by atoms with van der Waals surface area (Å²) in [6.07, 6.45) is 7.91. The zero-order valence-electron chi connectivity index (χ0n) is 14.5. The molecule has 8 heteroatoms. The van der Waals surface area contributed by atoms with Gasteiger partial charge in [0.25, 0.3) is 5.91 Å². The predicted octanol–water partition coefficient (Wildman–Crippen LogP) is 1.23. The summed E-state index contributed by atoms with van der Waals surface area (Å²) in [6.45, 7) is 0.940. The van der Waals surface area contributed by atoms with Crippen molar-refractivity contribution in [2.24, 2.45) is 7.05 Å². The van der Waals surface area contributed by atoms with Crippen molar-refractivity contribution in [3.8, 4) is 0 Å². The monoisotopic (exact) mass is 357 g/mol. The number of nitrogens with zero attached hydrogens (tertiary/aromatic N) is 4. The lowest BCUT2D eigenvalue weighted by molar-refractivity contribution is -0.120. The predicted molar refractivity (Wildman–Crippen MR) is 90.8 cm³/mol. The number of rotatable bonds is 2. The van der Waals surface area contributed by atoms with Gasteiger partial charge in [0.2, 0.25) is 5.91 Å². The van der Waals surface area contributed by atoms with Crippen molar-refractivity contribution in [1.29, 1.82) is 0 Å². The quantitative estimate of drug-likeness (QED) is 0.877. The number of hydrogen-bond donors (Lipinski definition) is 1. The van der Waals surface area contributed by atoms with Crippen molar-refractivity contribution in [2.75, 3.05) is 13.1 Å². The number of nitrogens with one attached hydrogen (secondary N) is 1. The molecule has 26 heavy (non-hydrogen) atoms. The largest absolute Gasteiger partial charge is 0.350 e. The van der Waals surface area contributed by atoms with E-state index in [-0.39, 0.29) is 28.8 Å². The van der Waals surface area contributed by atoms with Gasteiger partial charge >= 0.3 is 0 Å². The number of aromatic nitrogens is 3. The molecule has 0 saturated carbocycles. The molecule has 0 aromatic carbocycles. The third-order valence-corrected chi connectivity index (χ3v) is 5.52. The van der Waals surface area contributed by atoms with Crippen molar-refractivity contribution in [3.63, 3.8) is 0 Å². The Morgan fingerprint density at radius 2 is 2.12 bits per heavy atom. The first-order chi connectivity index (χ1) is 12.5. The Kier molecular flexibility index (Phi) is 3.97. The number of carbonyl (C=O) groups excluding carboxylic acids is 2. The Labute approximate surface area is 150 Å². The van der Waals surface area contributed by atoms with E-state index in [0.29, 0.717) is 32.4 Å². The maximum absolute atomic E-state index is 13.9. The Morgan fingerprint density at radius 1 is 1.35 bits per heavy atom. The van der Waals surface area contributed by atoms with Crippen molar-refractivity contribution >= 4 is 11.8 Å². The SMILES string of the molecule is Cn1cc(C2CC(=O)NC23CCN(C(=O)c2ccncc2F)CC3)cn1. The molecule has 2 aromatic heterocycles. The number of carbonyl (C=O) groups is 2. The average molecular weight is 357 g/mol. The first kappa shape index (κ1) is 16.7. The number of aryl methyl sites for hydroxylation is 1. The zero-order chi connectivity index (χ0) is 18.3. The van der Waals surface area contributed by atoms with E-state index in [9.17, 15) is 14.0 Å². The van der Waals surface area contributed by atoms with Gasteiger partial charge < -0.3 is 10.2 Å². The van der Waals surface area contributed by atoms with Gasteiger partial charge in [-0.3, -0.25) is 19.3 Å². The van der Waals surface area contributed by atoms with Crippen LogP contribution in [0.15, 0.2) is 30.9 Å². The van der Waals surface area contributed by atoms with E-state index < -0.39 is 5.82 Å². The Balaban J connectivity index is 1.52. The Bertz CT molecular complexity index is 857. The molecule has 0 bridgehead atoms. The Hall–Kier alpha value is -2.77. The van der Waals surface area contributed by atoms with Crippen LogP contribution in [0.5, 0.6) is 0 Å². The lowest BCUT2D eigenvalue weighted by Gasteiger charge is -2.42. The lowest BCUT2D eigenvalue weighted by Crippen LogP contribution is -2.54. The van der Waals surface area contributed by atoms with Crippen LogP contribution in [-0.4, -0.2) is 50.1 Å². The standard InChI is InChI=1S/C18H20FN5O2/c1-23-11-12(9-21-23)14-8-16(25)22-18(14)3-6-24(7-4-18)17(26)13-2-5-20-10-15(13)19/h2,5,9-11,14H,3-4,6-8H2,1H3,(H,22,25). The molecule has 0 aliphatic carbocycles. The third kappa shape index (κ3) is 2.75. The fourth-order valence-corrected chi connectivity index (χ4v) is 4.15. The number of hydrogen-bond acceptors (Lipinski definition) is 4. The molecule has 2 fully saturated rings. The number of piperidine rings is 1. The van der Waals surface area contributed by atoms with Gasteiger partial charge in [-0.2, -0.15) is 5.10 Å². The summed E-state index contributed by atoms with van der Waals surface area (Å²) in [5.74, 6) is -0.875. The molecular weight excluding hydrogens is 337 g/mol. The van der Waals surface area contributed by atoms with Crippen LogP contribution in [0.25, 0.3) is 0 Å². The van der Waals surface area contributed by atoms with Gasteiger partial charge in [0.05, 0.1) is 23.5 Å². The summed E-state index contributed by atoms with van der Waals surface area (Å²) >= 11 is 0. The Morgan fingerprint density at radius 3 is 2.77 bits per heavy atom. The summed E-state index contributed by atoms with van der Waals surface area (Å²) in [4.78, 5) is 30.0. The molecule has 2 aromatic rings. The van der Waals surface area contributed by atoms with E-state index in [2.05, 4.69) is 15.4 Å². The molecule has 4 heterocycles. The second-order valence-electron chi connectivity index (χ2n) is 7.06. The minimum atomic E-state index is -0.611. The minimum absolute atomic E-state index is 0.0267. The van der Waals surface area contributed by atoms with Gasteiger partial charge in [0, 0.05) is 44.9 Å². The number of amides is 2. The van der Waals surface area contributed by atoms with Gasteiger partial charge in [-0.25, -0.2) is 4.39 Å². The number of pyridine rings is 1. The highest BCUT2D eigenvalue weighted by molar-refractivity contribution is 5.94. The molecule has 1 spiro atoms. The maximum atomic E-state index is 13.9. The van der Waals surface area contributed by atoms with E-state index in [1.165, 1.54) is 12.3 Å². The normalized spacial score (nSPS) is 21.8. The highest BCUT2D eigenvalue weighted by atomic mass is 19.1. The minimum Gasteiger partial charge on any atom is -0.350 e. The molecule has 1 atom stereocenters. The lowest BCUT2D eigenvalue weighted by atomic mass is 9.75. The van der Waals surface area contributed by atoms with Crippen LogP contribution >= 0.6 is 0 Å². The first-order valence-corrected chi connectivity index (χ1v) is 8.67. The number of likely N-dealkylation sites (tertiary alicyclic amines) is 1. The van der Waals surface area contributed by atoms with E-state index in [4.69, 9.17) is 0 Å². The topological polar surface area (TPSA) is 80.1 Å². The summed E-state index contributed by atoms with van der Waals surface area (Å²) in [5.41, 5.74) is 0.703. The van der Waals surface area contributed by atoms with Crippen LogP contribution in [0.3, 0.4) is 0 Å². The summed E-state index contributed by atoms with van der Waals surface area (Å²) in [6, 6.07) is 1.40. The third-order valence-electron chi connectivity index (χ3n) is 5.52. The van der Waals surface area contributed by atoms with E-state index >= 15 is 0 Å². The van der Waals surface area contributed by atoms with E-state index in [0.717, 1.165) is 11.8 Å². The molecule has 7 nitrogen and oxygen atoms in total. The second kappa shape index (κ2) is 6.19. The summed E-state index contributed by atoms with van der Waals surface area (Å²) in [5, 5.41) is 7.36. The highest BCUT2D eigenvalue weighted by Gasteiger charge is 2.49. The van der Waals surface area contributed by atoms with Gasteiger partial charge in [-0.05, 0) is 24.5 Å². The van der Waals surface area contributed by atoms with Crippen molar-refractivity contribution in [1.82, 2.24) is 25.0 Å². The fourth-order valence-electron chi connectivity index (χ4n) is 4.15. The van der Waals surface area contributed by atoms with Crippen molar-refractivity contribution in [3.05, 3.63) is 47.8 Å². The van der Waals surface area contributed by atoms with Crippen LogP contribution in [0.1, 0.15) is 41.1 Å². The molecule has 2 saturated heterocycles. The smallest absolute Gasteiger partial charge is 0.256 e. The van der Waals surface area contributed by atoms with Crippen molar-refractivity contribution in [2.45, 2.75) is 30.7 Å². The first-order valence-electron chi connectivity index (χ1n) is 8.67. The van der Waals surface area contributed by atoms with E-state index in [1.807, 2.05) is 13.2 Å². The maximum Gasteiger partial charge on any atom is 0.256 e. The van der Waals surface area contributed by atoms with Crippen LogP contribution in [0, 0.1) is 5.82 Å². The summed E-state index contributed by atoms with van der Waals surface area (Å²) < 4.78 is 15.6. The van der Waals surface area contributed by atoms with Gasteiger partial charge in [-0.1, -0.05) is 0 Å². The van der Waals surface area contributed by atoms with Crippen LogP contribution in [0.4, 0.5) is 4.39 Å². The molecule has 0 radical (unpaired) electrons. The molecule has 4 rings (SSSR count). The van der Waals surface area contributed by atoms with Crippen LogP contribution in [-0.2, 0) is 11.8 Å². The molecule has 1 unspecified atom stereocenters. The van der Waals surface area contributed by atoms with Crippen LogP contribution in [0.2, 0.25) is 0 Å². The molecule has 2 amide bonds. The second-order valence-corrected chi connectivity index (χ2v) is 7.06. The van der Waals surface area contributed by atoms with Gasteiger partial charge in [0.1, 0.15) is 0 Å². The fraction of sp³-hybridized carbons (Fsp3) is 0.444. The molecule has 2 aliphatic heterocycles. The average Bonchev–Trinajstić information content (AvgIpc) is 3.19. The highest BCUT2D eigenvalue weighted by Crippen LogP contribution is 2.43. The molecule has 136 valence electrons. The summed E-state index contributed by atoms with van der Waals surface area (Å²) in [7, 11) is 1.85. The van der Waals surface area contributed by atoms with Gasteiger partial charge in [0.15, 0.2) is 5.82 Å².